The van der Waals surface area contributed by atoms with E-state index in [0.29, 0.717) is 13.2 Å². The van der Waals surface area contributed by atoms with Crippen molar-refractivity contribution in [3.05, 3.63) is 35.4 Å². The van der Waals surface area contributed by atoms with Crippen LogP contribution in [0.25, 0.3) is 0 Å². The van der Waals surface area contributed by atoms with E-state index in [2.05, 4.69) is 19.1 Å². The van der Waals surface area contributed by atoms with Gasteiger partial charge >= 0.3 is 0 Å². The van der Waals surface area contributed by atoms with Crippen molar-refractivity contribution in [1.82, 2.24) is 0 Å². The van der Waals surface area contributed by atoms with E-state index in [1.165, 1.54) is 11.1 Å². The molecule has 0 saturated heterocycles. The van der Waals surface area contributed by atoms with Gasteiger partial charge in [0, 0.05) is 26.2 Å². The minimum absolute atomic E-state index is 0.197. The first kappa shape index (κ1) is 15.2. The summed E-state index contributed by atoms with van der Waals surface area (Å²) in [6, 6.07) is 8.25. The highest BCUT2D eigenvalue weighted by Crippen LogP contribution is 2.23. The molecule has 0 aromatic heterocycles. The van der Waals surface area contributed by atoms with E-state index in [0.717, 1.165) is 19.4 Å². The largest absolute Gasteiger partial charge is 0.396 e. The Morgan fingerprint density at radius 3 is 2.61 bits per heavy atom. The van der Waals surface area contributed by atoms with Gasteiger partial charge in [0.2, 0.25) is 0 Å². The summed E-state index contributed by atoms with van der Waals surface area (Å²) >= 11 is 0. The van der Waals surface area contributed by atoms with E-state index in [1.54, 1.807) is 7.11 Å². The predicted octanol–water partition coefficient (Wildman–Crippen LogP) is 2.51. The van der Waals surface area contributed by atoms with Crippen LogP contribution < -0.4 is 0 Å². The number of aliphatic hydroxyl groups is 1. The van der Waals surface area contributed by atoms with Gasteiger partial charge in [-0.05, 0) is 30.9 Å². The van der Waals surface area contributed by atoms with Gasteiger partial charge in [0.1, 0.15) is 0 Å². The summed E-state index contributed by atoms with van der Waals surface area (Å²) in [6.07, 6.45) is 1.91. The lowest BCUT2D eigenvalue weighted by atomic mass is 9.92. The standard InChI is InChI=1S/C15H24O3/c1-13-6-3-4-8-15(13)14(12-16)7-5-9-18-11-10-17-2/h3-4,6,8,14,16H,5,7,9-12H2,1-2H3. The number of rotatable bonds is 9. The van der Waals surface area contributed by atoms with E-state index < -0.39 is 0 Å². The molecule has 0 saturated carbocycles. The smallest absolute Gasteiger partial charge is 0.0700 e. The Morgan fingerprint density at radius 2 is 1.94 bits per heavy atom. The van der Waals surface area contributed by atoms with Crippen molar-refractivity contribution in [2.24, 2.45) is 0 Å². The Balaban J connectivity index is 2.32. The molecule has 0 heterocycles. The molecule has 102 valence electrons. The first-order valence-electron chi connectivity index (χ1n) is 6.52. The molecule has 1 unspecified atom stereocenters. The Labute approximate surface area is 110 Å². The van der Waals surface area contributed by atoms with Gasteiger partial charge in [-0.1, -0.05) is 24.3 Å². The van der Waals surface area contributed by atoms with Crippen LogP contribution in [-0.2, 0) is 9.47 Å². The van der Waals surface area contributed by atoms with Gasteiger partial charge in [-0.25, -0.2) is 0 Å². The number of aliphatic hydroxyl groups excluding tert-OH is 1. The number of methoxy groups -OCH3 is 1. The average Bonchev–Trinajstić information content (AvgIpc) is 2.39. The van der Waals surface area contributed by atoms with Crippen molar-refractivity contribution in [3.8, 4) is 0 Å². The molecule has 3 nitrogen and oxygen atoms in total. The van der Waals surface area contributed by atoms with Crippen LogP contribution in [0.2, 0.25) is 0 Å². The third kappa shape index (κ3) is 5.17. The fourth-order valence-electron chi connectivity index (χ4n) is 2.07. The molecule has 1 N–H and O–H groups in total. The quantitative estimate of drug-likeness (QED) is 0.686. The first-order chi connectivity index (χ1) is 8.79. The molecule has 0 amide bonds. The van der Waals surface area contributed by atoms with Crippen LogP contribution in [0.5, 0.6) is 0 Å². The molecule has 1 atom stereocenters. The second kappa shape index (κ2) is 9.09. The van der Waals surface area contributed by atoms with Gasteiger partial charge in [0.25, 0.3) is 0 Å². The Bertz CT molecular complexity index is 325. The second-order valence-electron chi connectivity index (χ2n) is 4.48. The van der Waals surface area contributed by atoms with Crippen LogP contribution in [0.15, 0.2) is 24.3 Å². The topological polar surface area (TPSA) is 38.7 Å². The summed E-state index contributed by atoms with van der Waals surface area (Å²) in [5.41, 5.74) is 2.49. The predicted molar refractivity (Wildman–Crippen MR) is 72.9 cm³/mol. The highest BCUT2D eigenvalue weighted by molar-refractivity contribution is 5.29. The number of aryl methyl sites for hydroxylation is 1. The van der Waals surface area contributed by atoms with Crippen molar-refractivity contribution < 1.29 is 14.6 Å². The summed E-state index contributed by atoms with van der Waals surface area (Å²) in [5, 5.41) is 9.48. The first-order valence-corrected chi connectivity index (χ1v) is 6.52. The maximum absolute atomic E-state index is 9.48. The minimum Gasteiger partial charge on any atom is -0.396 e. The van der Waals surface area contributed by atoms with Crippen LogP contribution in [0.1, 0.15) is 29.9 Å². The summed E-state index contributed by atoms with van der Waals surface area (Å²) in [7, 11) is 1.67. The summed E-state index contributed by atoms with van der Waals surface area (Å²) in [4.78, 5) is 0. The van der Waals surface area contributed by atoms with Crippen molar-refractivity contribution in [1.29, 1.82) is 0 Å². The number of hydrogen-bond donors (Lipinski definition) is 1. The lowest BCUT2D eigenvalue weighted by Crippen LogP contribution is -2.09. The summed E-state index contributed by atoms with van der Waals surface area (Å²) in [5.74, 6) is 0.220. The van der Waals surface area contributed by atoms with Gasteiger partial charge in [-0.2, -0.15) is 0 Å². The van der Waals surface area contributed by atoms with Crippen LogP contribution >= 0.6 is 0 Å². The Morgan fingerprint density at radius 1 is 1.17 bits per heavy atom. The van der Waals surface area contributed by atoms with E-state index in [9.17, 15) is 5.11 Å². The molecule has 0 fully saturated rings. The molecule has 0 bridgehead atoms. The summed E-state index contributed by atoms with van der Waals surface area (Å²) < 4.78 is 10.3. The maximum Gasteiger partial charge on any atom is 0.0700 e. The highest BCUT2D eigenvalue weighted by Gasteiger charge is 2.11. The van der Waals surface area contributed by atoms with Crippen LogP contribution in [0, 0.1) is 6.92 Å². The third-order valence-electron chi connectivity index (χ3n) is 3.12. The fraction of sp³-hybridized carbons (Fsp3) is 0.600. The number of ether oxygens (including phenoxy) is 2. The zero-order valence-electron chi connectivity index (χ0n) is 11.4. The molecular weight excluding hydrogens is 228 g/mol. The molecule has 0 aliphatic rings. The van der Waals surface area contributed by atoms with E-state index in [-0.39, 0.29) is 12.5 Å². The zero-order valence-corrected chi connectivity index (χ0v) is 11.4. The van der Waals surface area contributed by atoms with Gasteiger partial charge in [-0.3, -0.25) is 0 Å². The highest BCUT2D eigenvalue weighted by atomic mass is 16.5. The molecule has 18 heavy (non-hydrogen) atoms. The maximum atomic E-state index is 9.48. The van der Waals surface area contributed by atoms with Crippen molar-refractivity contribution in [2.45, 2.75) is 25.7 Å². The second-order valence-corrected chi connectivity index (χ2v) is 4.48. The fourth-order valence-corrected chi connectivity index (χ4v) is 2.07. The van der Waals surface area contributed by atoms with Crippen molar-refractivity contribution in [3.63, 3.8) is 0 Å². The van der Waals surface area contributed by atoms with Gasteiger partial charge in [0.05, 0.1) is 13.2 Å². The average molecular weight is 252 g/mol. The lowest BCUT2D eigenvalue weighted by Gasteiger charge is -2.16. The Hall–Kier alpha value is -0.900. The molecular formula is C15H24O3. The van der Waals surface area contributed by atoms with Crippen LogP contribution in [0.3, 0.4) is 0 Å². The van der Waals surface area contributed by atoms with Gasteiger partial charge < -0.3 is 14.6 Å². The molecule has 1 rings (SSSR count). The van der Waals surface area contributed by atoms with Gasteiger partial charge in [0.15, 0.2) is 0 Å². The Kier molecular flexibility index (Phi) is 7.65. The van der Waals surface area contributed by atoms with Crippen LogP contribution in [0.4, 0.5) is 0 Å². The minimum atomic E-state index is 0.197. The molecule has 1 aromatic rings. The molecule has 0 radical (unpaired) electrons. The van der Waals surface area contributed by atoms with Crippen molar-refractivity contribution >= 4 is 0 Å². The SMILES string of the molecule is COCCOCCCC(CO)c1ccccc1C. The molecule has 1 aromatic carbocycles. The monoisotopic (exact) mass is 252 g/mol. The zero-order chi connectivity index (χ0) is 13.2. The molecule has 0 aliphatic heterocycles. The molecule has 0 spiro atoms. The van der Waals surface area contributed by atoms with Gasteiger partial charge in [-0.15, -0.1) is 0 Å². The molecule has 0 aliphatic carbocycles. The number of hydrogen-bond acceptors (Lipinski definition) is 3. The summed E-state index contributed by atoms with van der Waals surface area (Å²) in [6.45, 7) is 4.30. The van der Waals surface area contributed by atoms with Crippen LogP contribution in [-0.4, -0.2) is 38.6 Å². The van der Waals surface area contributed by atoms with E-state index in [4.69, 9.17) is 9.47 Å². The molecule has 3 heteroatoms. The lowest BCUT2D eigenvalue weighted by molar-refractivity contribution is 0.0673. The van der Waals surface area contributed by atoms with E-state index in [1.807, 2.05) is 12.1 Å². The van der Waals surface area contributed by atoms with E-state index >= 15 is 0 Å². The normalized spacial score (nSPS) is 12.6. The third-order valence-corrected chi connectivity index (χ3v) is 3.12. The van der Waals surface area contributed by atoms with Crippen molar-refractivity contribution in [2.75, 3.05) is 33.5 Å². The number of benzene rings is 1.